The largest absolute Gasteiger partial charge is 0.352 e. The molecule has 144 valence electrons. The first-order chi connectivity index (χ1) is 12.9. The van der Waals surface area contributed by atoms with E-state index in [1.807, 2.05) is 4.90 Å². The van der Waals surface area contributed by atoms with E-state index >= 15 is 0 Å². The van der Waals surface area contributed by atoms with Gasteiger partial charge in [-0.3, -0.25) is 4.79 Å². The average molecular weight is 388 g/mol. The van der Waals surface area contributed by atoms with E-state index in [2.05, 4.69) is 37.8 Å². The quantitative estimate of drug-likeness (QED) is 0.693. The molecule has 4 heterocycles. The summed E-state index contributed by atoms with van der Waals surface area (Å²) in [6.07, 6.45) is 5.54. The molecule has 1 fully saturated rings. The molecular formula is C19H25N5O2S. The summed E-state index contributed by atoms with van der Waals surface area (Å²) in [7, 11) is 0. The zero-order chi connectivity index (χ0) is 19.3. The molecule has 1 saturated heterocycles. The molecule has 1 aliphatic rings. The van der Waals surface area contributed by atoms with Gasteiger partial charge in [0, 0.05) is 17.0 Å². The van der Waals surface area contributed by atoms with Gasteiger partial charge in [0.25, 0.3) is 0 Å². The van der Waals surface area contributed by atoms with Crippen molar-refractivity contribution in [2.24, 2.45) is 0 Å². The normalized spacial score (nSPS) is 20.7. The van der Waals surface area contributed by atoms with Crippen LogP contribution in [0.3, 0.4) is 0 Å². The second-order valence-corrected chi connectivity index (χ2v) is 8.68. The van der Waals surface area contributed by atoms with Crippen molar-refractivity contribution in [3.63, 3.8) is 0 Å². The highest BCUT2D eigenvalue weighted by Crippen LogP contribution is 2.31. The van der Waals surface area contributed by atoms with Crippen molar-refractivity contribution in [3.05, 3.63) is 27.3 Å². The minimum Gasteiger partial charge on any atom is -0.336 e. The van der Waals surface area contributed by atoms with Gasteiger partial charge in [-0.25, -0.2) is 18.9 Å². The Hall–Kier alpha value is -2.22. The molecule has 0 aliphatic carbocycles. The van der Waals surface area contributed by atoms with Gasteiger partial charge in [-0.1, -0.05) is 6.92 Å². The molecule has 27 heavy (non-hydrogen) atoms. The maximum Gasteiger partial charge on any atom is 0.352 e. The van der Waals surface area contributed by atoms with Crippen molar-refractivity contribution in [1.82, 2.24) is 24.1 Å². The van der Waals surface area contributed by atoms with E-state index in [9.17, 15) is 9.59 Å². The number of rotatable bonds is 3. The molecule has 8 heteroatoms. The van der Waals surface area contributed by atoms with E-state index in [-0.39, 0.29) is 30.2 Å². The first-order valence-electron chi connectivity index (χ1n) is 9.59. The molecule has 1 aliphatic heterocycles. The van der Waals surface area contributed by atoms with Crippen molar-refractivity contribution in [3.8, 4) is 0 Å². The average Bonchev–Trinajstić information content (AvgIpc) is 3.11. The van der Waals surface area contributed by atoms with Gasteiger partial charge in [0.05, 0.1) is 5.39 Å². The number of likely N-dealkylation sites (tertiary alicyclic amines) is 1. The fourth-order valence-corrected chi connectivity index (χ4v) is 5.42. The predicted octanol–water partition coefficient (Wildman–Crippen LogP) is 2.77. The number of fused-ring (bicyclic) bond motifs is 3. The van der Waals surface area contributed by atoms with E-state index in [1.165, 1.54) is 25.9 Å². The number of carbonyl (C=O) groups is 1. The van der Waals surface area contributed by atoms with Gasteiger partial charge in [-0.05, 0) is 52.0 Å². The summed E-state index contributed by atoms with van der Waals surface area (Å²) >= 11 is 1.62. The van der Waals surface area contributed by atoms with Gasteiger partial charge in [0.2, 0.25) is 5.91 Å². The molecule has 0 spiro atoms. The van der Waals surface area contributed by atoms with Crippen LogP contribution in [0.15, 0.2) is 11.1 Å². The van der Waals surface area contributed by atoms with Crippen LogP contribution in [0.1, 0.15) is 50.5 Å². The second-order valence-electron chi connectivity index (χ2n) is 7.48. The van der Waals surface area contributed by atoms with E-state index in [4.69, 9.17) is 0 Å². The van der Waals surface area contributed by atoms with Crippen molar-refractivity contribution in [2.75, 3.05) is 0 Å². The molecule has 3 aromatic rings. The van der Waals surface area contributed by atoms with E-state index in [0.717, 1.165) is 35.9 Å². The van der Waals surface area contributed by atoms with Gasteiger partial charge >= 0.3 is 5.69 Å². The van der Waals surface area contributed by atoms with Crippen molar-refractivity contribution in [1.29, 1.82) is 0 Å². The Morgan fingerprint density at radius 3 is 2.67 bits per heavy atom. The summed E-state index contributed by atoms with van der Waals surface area (Å²) in [5, 5.41) is 5.47. The minimum absolute atomic E-state index is 0.0265. The summed E-state index contributed by atoms with van der Waals surface area (Å²) in [6, 6.07) is 0.405. The molecule has 3 aromatic heterocycles. The highest BCUT2D eigenvalue weighted by atomic mass is 32.1. The summed E-state index contributed by atoms with van der Waals surface area (Å²) in [5.74, 6) is -0.0402. The molecule has 4 rings (SSSR count). The molecule has 0 aromatic carbocycles. The third-order valence-electron chi connectivity index (χ3n) is 5.70. The first kappa shape index (κ1) is 18.2. The van der Waals surface area contributed by atoms with Crippen molar-refractivity contribution >= 4 is 33.1 Å². The zero-order valence-corrected chi connectivity index (χ0v) is 17.0. The summed E-state index contributed by atoms with van der Waals surface area (Å²) in [4.78, 5) is 34.2. The number of aryl methyl sites for hydroxylation is 2. The molecular weight excluding hydrogens is 362 g/mol. The van der Waals surface area contributed by atoms with Crippen LogP contribution >= 0.6 is 11.3 Å². The molecule has 0 N–H and O–H groups in total. The Kier molecular flexibility index (Phi) is 4.53. The molecule has 0 radical (unpaired) electrons. The van der Waals surface area contributed by atoms with Crippen molar-refractivity contribution < 1.29 is 4.79 Å². The summed E-state index contributed by atoms with van der Waals surface area (Å²) < 4.78 is 2.75. The molecule has 0 saturated carbocycles. The maximum absolute atomic E-state index is 12.9. The Labute approximate surface area is 161 Å². The number of aromatic nitrogens is 4. The maximum atomic E-state index is 12.9. The van der Waals surface area contributed by atoms with E-state index in [1.54, 1.807) is 11.3 Å². The third kappa shape index (κ3) is 2.86. The third-order valence-corrected chi connectivity index (χ3v) is 6.75. The van der Waals surface area contributed by atoms with Gasteiger partial charge in [-0.2, -0.15) is 0 Å². The SMILES string of the molecule is CCc1c(C)sc2ncn3c(=O)n(CC(=O)N4C(C)CCCC4C)nc3c12. The number of nitrogens with zero attached hydrogens (tertiary/aromatic N) is 5. The van der Waals surface area contributed by atoms with Crippen LogP contribution in [0.25, 0.3) is 15.9 Å². The van der Waals surface area contributed by atoms with Gasteiger partial charge in [0.15, 0.2) is 5.65 Å². The predicted molar refractivity (Wildman–Crippen MR) is 106 cm³/mol. The van der Waals surface area contributed by atoms with Gasteiger partial charge in [-0.15, -0.1) is 16.4 Å². The van der Waals surface area contributed by atoms with Crippen LogP contribution in [-0.4, -0.2) is 42.1 Å². The lowest BCUT2D eigenvalue weighted by Crippen LogP contribution is -2.49. The van der Waals surface area contributed by atoms with Crippen LogP contribution in [0.5, 0.6) is 0 Å². The monoisotopic (exact) mass is 387 g/mol. The number of thiophene rings is 1. The number of hydrogen-bond acceptors (Lipinski definition) is 5. The van der Waals surface area contributed by atoms with Crippen LogP contribution < -0.4 is 5.69 Å². The Morgan fingerprint density at radius 1 is 1.30 bits per heavy atom. The fraction of sp³-hybridized carbons (Fsp3) is 0.579. The molecule has 1 amide bonds. The lowest BCUT2D eigenvalue weighted by atomic mass is 9.97. The van der Waals surface area contributed by atoms with Crippen LogP contribution in [0.4, 0.5) is 0 Å². The summed E-state index contributed by atoms with van der Waals surface area (Å²) in [6.45, 7) is 8.29. The topological polar surface area (TPSA) is 72.5 Å². The second kappa shape index (κ2) is 6.74. The standard InChI is InChI=1S/C19H25N5O2S/c1-5-14-13(4)27-18-16(14)17-21-23(19(26)22(17)10-20-18)9-15(25)24-11(2)7-6-8-12(24)3/h10-12H,5-9H2,1-4H3. The summed E-state index contributed by atoms with van der Waals surface area (Å²) in [5.41, 5.74) is 1.46. The molecule has 0 bridgehead atoms. The van der Waals surface area contributed by atoms with Gasteiger partial charge < -0.3 is 4.90 Å². The zero-order valence-electron chi connectivity index (χ0n) is 16.2. The lowest BCUT2D eigenvalue weighted by molar-refractivity contribution is -0.138. The highest BCUT2D eigenvalue weighted by Gasteiger charge is 2.29. The number of carbonyl (C=O) groups excluding carboxylic acids is 1. The Morgan fingerprint density at radius 2 is 2.00 bits per heavy atom. The molecule has 2 atom stereocenters. The Balaban J connectivity index is 1.77. The smallest absolute Gasteiger partial charge is 0.336 e. The minimum atomic E-state index is -0.309. The molecule has 2 unspecified atom stereocenters. The van der Waals surface area contributed by atoms with E-state index in [0.29, 0.717) is 5.65 Å². The first-order valence-corrected chi connectivity index (χ1v) is 10.4. The van der Waals surface area contributed by atoms with Crippen molar-refractivity contribution in [2.45, 2.75) is 72.0 Å². The van der Waals surface area contributed by atoms with Crippen LogP contribution in [0.2, 0.25) is 0 Å². The Bertz CT molecular complexity index is 1070. The van der Waals surface area contributed by atoms with Crippen LogP contribution in [-0.2, 0) is 17.8 Å². The number of amides is 1. The highest BCUT2D eigenvalue weighted by molar-refractivity contribution is 7.18. The number of piperidine rings is 1. The fourth-order valence-electron chi connectivity index (χ4n) is 4.34. The van der Waals surface area contributed by atoms with Gasteiger partial charge in [0.1, 0.15) is 17.7 Å². The molecule has 7 nitrogen and oxygen atoms in total. The van der Waals surface area contributed by atoms with E-state index < -0.39 is 0 Å². The van der Waals surface area contributed by atoms with Crippen LogP contribution in [0, 0.1) is 6.92 Å². The number of hydrogen-bond donors (Lipinski definition) is 0. The lowest BCUT2D eigenvalue weighted by Gasteiger charge is -2.39.